The predicted octanol–water partition coefficient (Wildman–Crippen LogP) is 3.90. The van der Waals surface area contributed by atoms with E-state index < -0.39 is 0 Å². The first-order valence-corrected chi connectivity index (χ1v) is 11.3. The molecule has 0 radical (unpaired) electrons. The van der Waals surface area contributed by atoms with Gasteiger partial charge in [-0.25, -0.2) is 4.90 Å². The molecule has 6 atom stereocenters. The zero-order chi connectivity index (χ0) is 22.0. The summed E-state index contributed by atoms with van der Waals surface area (Å²) in [7, 11) is 0. The molecule has 1 heterocycles. The van der Waals surface area contributed by atoms with Crippen LogP contribution >= 0.6 is 0 Å². The molecule has 3 amide bonds. The molecule has 1 N–H and O–H groups in total. The largest absolute Gasteiger partial charge is 0.494 e. The highest BCUT2D eigenvalue weighted by Gasteiger charge is 2.67. The first kappa shape index (κ1) is 19.3. The number of ether oxygens (including phenoxy) is 1. The highest BCUT2D eigenvalue weighted by Crippen LogP contribution is 2.65. The number of nitrogens with zero attached hydrogens (tertiary/aromatic N) is 1. The van der Waals surface area contributed by atoms with Crippen molar-refractivity contribution in [1.29, 1.82) is 0 Å². The Morgan fingerprint density at radius 2 is 1.66 bits per heavy atom. The average molecular weight is 428 g/mol. The molecule has 3 fully saturated rings. The molecule has 2 aromatic carbocycles. The van der Waals surface area contributed by atoms with Crippen LogP contribution in [0.3, 0.4) is 0 Å². The van der Waals surface area contributed by atoms with Gasteiger partial charge in [-0.15, -0.1) is 0 Å². The first-order valence-electron chi connectivity index (χ1n) is 11.3. The fourth-order valence-electron chi connectivity index (χ4n) is 6.00. The van der Waals surface area contributed by atoms with Gasteiger partial charge in [-0.05, 0) is 79.5 Å². The summed E-state index contributed by atoms with van der Waals surface area (Å²) in [6.07, 6.45) is 5.46. The van der Waals surface area contributed by atoms with Crippen molar-refractivity contribution in [2.45, 2.75) is 13.3 Å². The first-order chi connectivity index (χ1) is 15.6. The molecule has 0 aromatic heterocycles. The van der Waals surface area contributed by atoms with Crippen LogP contribution < -0.4 is 15.0 Å². The van der Waals surface area contributed by atoms with Gasteiger partial charge in [0.2, 0.25) is 11.8 Å². The van der Waals surface area contributed by atoms with Crippen molar-refractivity contribution in [3.63, 3.8) is 0 Å². The third-order valence-corrected chi connectivity index (χ3v) is 7.45. The smallest absolute Gasteiger partial charge is 0.255 e. The van der Waals surface area contributed by atoms with Gasteiger partial charge >= 0.3 is 0 Å². The lowest BCUT2D eigenvalue weighted by Gasteiger charge is -2.37. The summed E-state index contributed by atoms with van der Waals surface area (Å²) in [6, 6.07) is 13.9. The maximum absolute atomic E-state index is 13.3. The number of carbonyl (C=O) groups is 3. The van der Waals surface area contributed by atoms with Crippen LogP contribution in [0.4, 0.5) is 11.4 Å². The number of nitrogens with one attached hydrogen (secondary N) is 1. The maximum atomic E-state index is 13.3. The SMILES string of the molecule is CCOc1ccc(NC(=O)c2cccc(N3C(=O)[C@H]4[C@@H]5C=C[C@@H]([C@H]6C[C@H]56)[C@@H]4C3=O)c2)cc1. The van der Waals surface area contributed by atoms with Crippen molar-refractivity contribution < 1.29 is 19.1 Å². The van der Waals surface area contributed by atoms with E-state index in [1.54, 1.807) is 48.5 Å². The molecule has 6 nitrogen and oxygen atoms in total. The Morgan fingerprint density at radius 3 is 2.28 bits per heavy atom. The number of benzene rings is 2. The lowest BCUT2D eigenvalue weighted by Crippen LogP contribution is -2.40. The Bertz CT molecular complexity index is 1120. The summed E-state index contributed by atoms with van der Waals surface area (Å²) < 4.78 is 5.43. The predicted molar refractivity (Wildman–Crippen MR) is 119 cm³/mol. The quantitative estimate of drug-likeness (QED) is 0.579. The monoisotopic (exact) mass is 428 g/mol. The van der Waals surface area contributed by atoms with Crippen LogP contribution in [-0.2, 0) is 9.59 Å². The van der Waals surface area contributed by atoms with Gasteiger partial charge in [0.1, 0.15) is 5.75 Å². The Balaban J connectivity index is 1.23. The zero-order valence-corrected chi connectivity index (χ0v) is 17.7. The maximum Gasteiger partial charge on any atom is 0.255 e. The molecule has 0 spiro atoms. The van der Waals surface area contributed by atoms with Gasteiger partial charge in [0.25, 0.3) is 5.91 Å². The van der Waals surface area contributed by atoms with Crippen molar-refractivity contribution in [1.82, 2.24) is 0 Å². The number of carbonyl (C=O) groups excluding carboxylic acids is 3. The van der Waals surface area contributed by atoms with E-state index in [0.717, 1.165) is 12.2 Å². The fraction of sp³-hybridized carbons (Fsp3) is 0.346. The van der Waals surface area contributed by atoms with E-state index >= 15 is 0 Å². The van der Waals surface area contributed by atoms with Crippen molar-refractivity contribution >= 4 is 29.1 Å². The van der Waals surface area contributed by atoms with Gasteiger partial charge in [-0.2, -0.15) is 0 Å². The normalized spacial score (nSPS) is 31.3. The number of hydrogen-bond acceptors (Lipinski definition) is 4. The summed E-state index contributed by atoms with van der Waals surface area (Å²) in [4.78, 5) is 40.8. The summed E-state index contributed by atoms with van der Waals surface area (Å²) in [6.45, 7) is 2.49. The second-order valence-corrected chi connectivity index (χ2v) is 9.13. The topological polar surface area (TPSA) is 75.7 Å². The van der Waals surface area contributed by atoms with Gasteiger partial charge in [0.15, 0.2) is 0 Å². The number of allylic oxidation sites excluding steroid dienone is 2. The molecule has 4 aliphatic carbocycles. The number of imide groups is 1. The highest BCUT2D eigenvalue weighted by atomic mass is 16.5. The highest BCUT2D eigenvalue weighted by molar-refractivity contribution is 6.23. The third-order valence-electron chi connectivity index (χ3n) is 7.45. The molecule has 1 saturated heterocycles. The van der Waals surface area contributed by atoms with Crippen molar-refractivity contribution in [2.75, 3.05) is 16.8 Å². The standard InChI is InChI=1S/C26H24N2O4/c1-2-32-17-8-6-15(7-9-17)27-24(29)14-4-3-5-16(12-14)28-25(30)22-18-10-11-19(21-13-20(18)21)23(22)26(28)31/h3-12,18-23H,2,13H2,1H3,(H,27,29)/t18-,19+,20-,21-,22+,23+/m1/s1. The molecular weight excluding hydrogens is 404 g/mol. The summed E-state index contributed by atoms with van der Waals surface area (Å²) in [5.74, 6) is 1.21. The zero-order valence-electron chi connectivity index (χ0n) is 17.7. The minimum Gasteiger partial charge on any atom is -0.494 e. The Hall–Kier alpha value is -3.41. The number of amides is 3. The van der Waals surface area contributed by atoms with E-state index in [4.69, 9.17) is 4.74 Å². The minimum absolute atomic E-state index is 0.117. The van der Waals surface area contributed by atoms with Gasteiger partial charge in [-0.3, -0.25) is 14.4 Å². The fourth-order valence-corrected chi connectivity index (χ4v) is 6.00. The molecule has 2 saturated carbocycles. The van der Waals surface area contributed by atoms with Crippen molar-refractivity contribution in [3.05, 3.63) is 66.2 Å². The molecule has 7 rings (SSSR count). The number of anilines is 2. The van der Waals surface area contributed by atoms with Crippen LogP contribution in [0.5, 0.6) is 5.75 Å². The van der Waals surface area contributed by atoms with E-state index in [2.05, 4.69) is 17.5 Å². The van der Waals surface area contributed by atoms with Gasteiger partial charge in [0, 0.05) is 11.3 Å². The van der Waals surface area contributed by atoms with Crippen LogP contribution in [0.2, 0.25) is 0 Å². The van der Waals surface area contributed by atoms with Crippen LogP contribution in [-0.4, -0.2) is 24.3 Å². The van der Waals surface area contributed by atoms with E-state index in [-0.39, 0.29) is 41.4 Å². The molecule has 6 heteroatoms. The van der Waals surface area contributed by atoms with E-state index in [0.29, 0.717) is 35.4 Å². The van der Waals surface area contributed by atoms with Gasteiger partial charge in [0.05, 0.1) is 24.1 Å². The number of hydrogen-bond donors (Lipinski definition) is 1. The summed E-state index contributed by atoms with van der Waals surface area (Å²) in [5, 5.41) is 2.86. The van der Waals surface area contributed by atoms with Crippen LogP contribution in [0.25, 0.3) is 0 Å². The number of rotatable bonds is 5. The Kier molecular flexibility index (Phi) is 4.25. The van der Waals surface area contributed by atoms with Gasteiger partial charge in [-0.1, -0.05) is 18.2 Å². The lowest BCUT2D eigenvalue weighted by molar-refractivity contribution is -0.124. The molecular formula is C26H24N2O4. The Labute approximate surface area is 186 Å². The molecule has 2 bridgehead atoms. The molecule has 2 aromatic rings. The molecule has 5 aliphatic rings. The van der Waals surface area contributed by atoms with Crippen molar-refractivity contribution in [3.8, 4) is 5.75 Å². The summed E-state index contributed by atoms with van der Waals surface area (Å²) in [5.41, 5.74) is 1.52. The van der Waals surface area contributed by atoms with E-state index in [9.17, 15) is 14.4 Å². The second kappa shape index (κ2) is 7.05. The molecule has 0 unspecified atom stereocenters. The lowest BCUT2D eigenvalue weighted by atomic mass is 9.63. The van der Waals surface area contributed by atoms with Gasteiger partial charge < -0.3 is 10.1 Å². The van der Waals surface area contributed by atoms with E-state index in [1.807, 2.05) is 6.92 Å². The average Bonchev–Trinajstić information content (AvgIpc) is 3.59. The summed E-state index contributed by atoms with van der Waals surface area (Å²) >= 11 is 0. The second-order valence-electron chi connectivity index (χ2n) is 9.13. The molecule has 1 aliphatic heterocycles. The molecule has 162 valence electrons. The van der Waals surface area contributed by atoms with Crippen LogP contribution in [0.15, 0.2) is 60.7 Å². The van der Waals surface area contributed by atoms with Crippen LogP contribution in [0.1, 0.15) is 23.7 Å². The molecule has 32 heavy (non-hydrogen) atoms. The third kappa shape index (κ3) is 2.82. The van der Waals surface area contributed by atoms with E-state index in [1.165, 1.54) is 4.90 Å². The Morgan fingerprint density at radius 1 is 1.00 bits per heavy atom. The van der Waals surface area contributed by atoms with Crippen LogP contribution in [0, 0.1) is 35.5 Å². The minimum atomic E-state index is -0.296. The van der Waals surface area contributed by atoms with Crippen molar-refractivity contribution in [2.24, 2.45) is 35.5 Å².